The third-order valence-corrected chi connectivity index (χ3v) is 4.81. The van der Waals surface area contributed by atoms with Gasteiger partial charge in [-0.15, -0.1) is 0 Å². The zero-order chi connectivity index (χ0) is 14.6. The van der Waals surface area contributed by atoms with Gasteiger partial charge in [0.1, 0.15) is 4.90 Å². The smallest absolute Gasteiger partial charge is 0.244 e. The monoisotopic (exact) mass is 388 g/mol. The molecule has 1 amide bonds. The number of hydrogen-bond donors (Lipinski definition) is 2. The first-order chi connectivity index (χ1) is 8.77. The predicted molar refractivity (Wildman–Crippen MR) is 78.0 cm³/mol. The van der Waals surface area contributed by atoms with Gasteiger partial charge < -0.3 is 5.32 Å². The van der Waals surface area contributed by atoms with E-state index >= 15 is 0 Å². The molecule has 0 aliphatic carbocycles. The zero-order valence-corrected chi connectivity index (χ0v) is 13.8. The van der Waals surface area contributed by atoms with Gasteiger partial charge in [0.25, 0.3) is 0 Å². The van der Waals surface area contributed by atoms with E-state index in [9.17, 15) is 13.2 Å². The van der Waals surface area contributed by atoms with Crippen molar-refractivity contribution in [2.24, 2.45) is 0 Å². The summed E-state index contributed by atoms with van der Waals surface area (Å²) in [5.74, 6) is -0.435. The fourth-order valence-electron chi connectivity index (χ4n) is 1.28. The van der Waals surface area contributed by atoms with Gasteiger partial charge in [-0.25, -0.2) is 13.1 Å². The number of carbonyl (C=O) groups excluding carboxylic acids is 1. The summed E-state index contributed by atoms with van der Waals surface area (Å²) in [4.78, 5) is 11.0. The summed E-state index contributed by atoms with van der Waals surface area (Å²) in [7, 11) is -3.95. The number of carbonyl (C=O) groups is 1. The second-order valence-corrected chi connectivity index (χ2v) is 6.91. The van der Waals surface area contributed by atoms with Crippen LogP contribution in [0.2, 0.25) is 10.0 Å². The lowest BCUT2D eigenvalue weighted by Gasteiger charge is -2.10. The molecule has 19 heavy (non-hydrogen) atoms. The van der Waals surface area contributed by atoms with Crippen LogP contribution in [0.3, 0.4) is 0 Å². The van der Waals surface area contributed by atoms with Crippen LogP contribution in [0, 0.1) is 0 Å². The summed E-state index contributed by atoms with van der Waals surface area (Å²) >= 11 is 14.9. The minimum atomic E-state index is -3.95. The molecule has 0 fully saturated rings. The first-order valence-corrected chi connectivity index (χ1v) is 8.22. The summed E-state index contributed by atoms with van der Waals surface area (Å²) < 4.78 is 26.7. The topological polar surface area (TPSA) is 75.3 Å². The van der Waals surface area contributed by atoms with E-state index in [4.69, 9.17) is 23.2 Å². The van der Waals surface area contributed by atoms with Crippen LogP contribution in [0.4, 0.5) is 0 Å². The average Bonchev–Trinajstić information content (AvgIpc) is 2.25. The van der Waals surface area contributed by atoms with Crippen molar-refractivity contribution in [1.29, 1.82) is 0 Å². The summed E-state index contributed by atoms with van der Waals surface area (Å²) in [6.07, 6.45) is 0. The molecule has 9 heteroatoms. The molecule has 0 saturated carbocycles. The Morgan fingerprint density at radius 3 is 2.32 bits per heavy atom. The molecule has 0 aromatic heterocycles. The standard InChI is InChI=1S/C10H11BrCl2N2O3S/c1-2-14-9(16)5-15-19(17,18)10-7(12)3-6(11)4-8(10)13/h3-4,15H,2,5H2,1H3,(H,14,16). The Kier molecular flexibility index (Phi) is 6.07. The lowest BCUT2D eigenvalue weighted by molar-refractivity contribution is -0.119. The van der Waals surface area contributed by atoms with E-state index in [1.54, 1.807) is 6.92 Å². The fraction of sp³-hybridized carbons (Fsp3) is 0.300. The number of halogens is 3. The van der Waals surface area contributed by atoms with Crippen molar-refractivity contribution >= 4 is 55.1 Å². The lowest BCUT2D eigenvalue weighted by atomic mass is 10.4. The van der Waals surface area contributed by atoms with Crippen molar-refractivity contribution in [1.82, 2.24) is 10.0 Å². The number of nitrogens with one attached hydrogen (secondary N) is 2. The highest BCUT2D eigenvalue weighted by atomic mass is 79.9. The van der Waals surface area contributed by atoms with Gasteiger partial charge in [-0.1, -0.05) is 39.1 Å². The van der Waals surface area contributed by atoms with E-state index in [0.29, 0.717) is 11.0 Å². The second-order valence-electron chi connectivity index (χ2n) is 3.48. The maximum atomic E-state index is 12.0. The molecular formula is C10H11BrCl2N2O3S. The van der Waals surface area contributed by atoms with Crippen molar-refractivity contribution < 1.29 is 13.2 Å². The lowest BCUT2D eigenvalue weighted by Crippen LogP contribution is -2.36. The molecule has 0 saturated heterocycles. The normalized spacial score (nSPS) is 11.4. The van der Waals surface area contributed by atoms with Crippen molar-refractivity contribution in [3.8, 4) is 0 Å². The summed E-state index contributed by atoms with van der Waals surface area (Å²) in [6.45, 7) is 1.77. The van der Waals surface area contributed by atoms with Crippen LogP contribution in [-0.2, 0) is 14.8 Å². The predicted octanol–water partition coefficient (Wildman–Crippen LogP) is 2.17. The van der Waals surface area contributed by atoms with Gasteiger partial charge in [0, 0.05) is 11.0 Å². The van der Waals surface area contributed by atoms with Crippen LogP contribution in [0.25, 0.3) is 0 Å². The molecule has 106 valence electrons. The highest BCUT2D eigenvalue weighted by molar-refractivity contribution is 9.10. The molecule has 0 aliphatic rings. The summed E-state index contributed by atoms with van der Waals surface area (Å²) in [6, 6.07) is 2.82. The van der Waals surface area contributed by atoms with Gasteiger partial charge in [-0.3, -0.25) is 4.79 Å². The minimum absolute atomic E-state index is 0.0252. The van der Waals surface area contributed by atoms with E-state index < -0.39 is 15.9 Å². The third kappa shape index (κ3) is 4.61. The van der Waals surface area contributed by atoms with Crippen LogP contribution in [-0.4, -0.2) is 27.4 Å². The van der Waals surface area contributed by atoms with E-state index in [2.05, 4.69) is 26.0 Å². The molecule has 0 heterocycles. The molecule has 0 bridgehead atoms. The molecule has 2 N–H and O–H groups in total. The molecule has 1 aromatic rings. The van der Waals surface area contributed by atoms with Crippen LogP contribution in [0.5, 0.6) is 0 Å². The van der Waals surface area contributed by atoms with Crippen molar-refractivity contribution in [2.75, 3.05) is 13.1 Å². The maximum absolute atomic E-state index is 12.0. The molecule has 0 aliphatic heterocycles. The van der Waals surface area contributed by atoms with Crippen LogP contribution < -0.4 is 10.0 Å². The molecule has 1 rings (SSSR count). The molecule has 0 spiro atoms. The Bertz CT molecular complexity index is 569. The molecule has 1 aromatic carbocycles. The highest BCUT2D eigenvalue weighted by Crippen LogP contribution is 2.32. The molecule has 5 nitrogen and oxygen atoms in total. The number of likely N-dealkylation sites (N-methyl/N-ethyl adjacent to an activating group) is 1. The zero-order valence-electron chi connectivity index (χ0n) is 9.84. The first kappa shape index (κ1) is 16.7. The Hall–Kier alpha value is -0.340. The number of hydrogen-bond acceptors (Lipinski definition) is 3. The van der Waals surface area contributed by atoms with Gasteiger partial charge in [0.15, 0.2) is 0 Å². The summed E-state index contributed by atoms with van der Waals surface area (Å²) in [5, 5.41) is 2.42. The molecule has 0 radical (unpaired) electrons. The van der Waals surface area contributed by atoms with E-state index in [1.165, 1.54) is 12.1 Å². The Morgan fingerprint density at radius 1 is 1.32 bits per heavy atom. The Morgan fingerprint density at radius 2 is 1.84 bits per heavy atom. The van der Waals surface area contributed by atoms with Gasteiger partial charge in [0.2, 0.25) is 15.9 Å². The van der Waals surface area contributed by atoms with Crippen molar-refractivity contribution in [2.45, 2.75) is 11.8 Å². The molecule has 0 unspecified atom stereocenters. The van der Waals surface area contributed by atoms with Gasteiger partial charge >= 0.3 is 0 Å². The minimum Gasteiger partial charge on any atom is -0.355 e. The first-order valence-electron chi connectivity index (χ1n) is 5.19. The Labute approximate surface area is 129 Å². The highest BCUT2D eigenvalue weighted by Gasteiger charge is 2.22. The van der Waals surface area contributed by atoms with Gasteiger partial charge in [0.05, 0.1) is 16.6 Å². The third-order valence-electron chi connectivity index (χ3n) is 2.03. The number of rotatable bonds is 5. The summed E-state index contributed by atoms with van der Waals surface area (Å²) in [5.41, 5.74) is 0. The number of benzene rings is 1. The average molecular weight is 390 g/mol. The number of sulfonamides is 1. The Balaban J connectivity index is 2.98. The van der Waals surface area contributed by atoms with Crippen molar-refractivity contribution in [3.63, 3.8) is 0 Å². The van der Waals surface area contributed by atoms with Gasteiger partial charge in [-0.2, -0.15) is 0 Å². The maximum Gasteiger partial charge on any atom is 0.244 e. The molecule has 0 atom stereocenters. The van der Waals surface area contributed by atoms with Crippen LogP contribution in [0.1, 0.15) is 6.92 Å². The van der Waals surface area contributed by atoms with Crippen LogP contribution >= 0.6 is 39.1 Å². The fourth-order valence-corrected chi connectivity index (χ4v) is 4.19. The molecular weight excluding hydrogens is 379 g/mol. The van der Waals surface area contributed by atoms with E-state index in [1.807, 2.05) is 0 Å². The van der Waals surface area contributed by atoms with Gasteiger partial charge in [-0.05, 0) is 19.1 Å². The van der Waals surface area contributed by atoms with E-state index in [-0.39, 0.29) is 21.5 Å². The number of amides is 1. The quantitative estimate of drug-likeness (QED) is 0.810. The van der Waals surface area contributed by atoms with Crippen molar-refractivity contribution in [3.05, 3.63) is 26.7 Å². The van der Waals surface area contributed by atoms with E-state index in [0.717, 1.165) is 0 Å². The SMILES string of the molecule is CCNC(=O)CNS(=O)(=O)c1c(Cl)cc(Br)cc1Cl. The van der Waals surface area contributed by atoms with Crippen LogP contribution in [0.15, 0.2) is 21.5 Å². The largest absolute Gasteiger partial charge is 0.355 e. The second kappa shape index (κ2) is 6.90.